The smallest absolute Gasteiger partial charge is 0.115 e. The van der Waals surface area contributed by atoms with E-state index in [1.165, 1.54) is 50.5 Å². The largest absolute Gasteiger partial charge is 0.508 e. The lowest BCUT2D eigenvalue weighted by atomic mass is 9.58. The summed E-state index contributed by atoms with van der Waals surface area (Å²) in [5.74, 6) is 4.07. The number of benzene rings is 1. The molecule has 0 spiro atoms. The number of hydrogen-bond donors (Lipinski definition) is 1. The monoisotopic (exact) mass is 284 g/mol. The molecule has 0 radical (unpaired) electrons. The molecule has 2 saturated carbocycles. The molecule has 3 aliphatic carbocycles. The van der Waals surface area contributed by atoms with Crippen LogP contribution >= 0.6 is 0 Å². The summed E-state index contributed by atoms with van der Waals surface area (Å²) >= 11 is 0. The first-order chi connectivity index (χ1) is 10.1. The Hall–Kier alpha value is -0.980. The lowest BCUT2D eigenvalue weighted by Gasteiger charge is -2.47. The van der Waals surface area contributed by atoms with Crippen molar-refractivity contribution >= 4 is 0 Å². The minimum atomic E-state index is 0.445. The van der Waals surface area contributed by atoms with E-state index in [0.717, 1.165) is 23.7 Å². The van der Waals surface area contributed by atoms with Gasteiger partial charge in [-0.25, -0.2) is 0 Å². The summed E-state index contributed by atoms with van der Waals surface area (Å²) in [4.78, 5) is 0. The highest BCUT2D eigenvalue weighted by molar-refractivity contribution is 5.40. The molecule has 114 valence electrons. The second kappa shape index (κ2) is 4.76. The highest BCUT2D eigenvalue weighted by Gasteiger charge is 2.51. The molecule has 0 aromatic heterocycles. The third-order valence-corrected chi connectivity index (χ3v) is 7.40. The number of phenolic OH excluding ortho intramolecular Hbond substituents is 1. The van der Waals surface area contributed by atoms with Crippen LogP contribution in [0.4, 0.5) is 0 Å². The normalized spacial score (nSPS) is 41.2. The Balaban J connectivity index is 1.66. The van der Waals surface area contributed by atoms with Gasteiger partial charge in [0.15, 0.2) is 0 Å². The van der Waals surface area contributed by atoms with Crippen LogP contribution in [0.5, 0.6) is 5.75 Å². The van der Waals surface area contributed by atoms with Crippen LogP contribution in [0.2, 0.25) is 0 Å². The lowest BCUT2D eigenvalue weighted by Crippen LogP contribution is -2.38. The molecule has 0 aliphatic heterocycles. The molecule has 21 heavy (non-hydrogen) atoms. The number of hydrogen-bond acceptors (Lipinski definition) is 1. The van der Waals surface area contributed by atoms with Gasteiger partial charge in [0.1, 0.15) is 5.75 Å². The van der Waals surface area contributed by atoms with E-state index in [-0.39, 0.29) is 0 Å². The van der Waals surface area contributed by atoms with Gasteiger partial charge in [-0.3, -0.25) is 0 Å². The molecule has 0 saturated heterocycles. The molecule has 0 bridgehead atoms. The van der Waals surface area contributed by atoms with Gasteiger partial charge in [0.25, 0.3) is 0 Å². The topological polar surface area (TPSA) is 20.2 Å². The predicted octanol–water partition coefficient (Wildman–Crippen LogP) is 5.27. The molecule has 4 rings (SSSR count). The quantitative estimate of drug-likeness (QED) is 0.744. The van der Waals surface area contributed by atoms with Gasteiger partial charge in [0, 0.05) is 0 Å². The molecule has 5 atom stereocenters. The fourth-order valence-electron chi connectivity index (χ4n) is 6.08. The Morgan fingerprint density at radius 2 is 2.00 bits per heavy atom. The van der Waals surface area contributed by atoms with E-state index in [0.29, 0.717) is 11.2 Å². The van der Waals surface area contributed by atoms with Crippen LogP contribution in [0.25, 0.3) is 0 Å². The molecule has 1 aromatic carbocycles. The molecule has 0 heterocycles. The summed E-state index contributed by atoms with van der Waals surface area (Å²) in [5.41, 5.74) is 3.60. The van der Waals surface area contributed by atoms with Gasteiger partial charge in [0.2, 0.25) is 0 Å². The van der Waals surface area contributed by atoms with Crippen LogP contribution < -0.4 is 0 Å². The zero-order valence-corrected chi connectivity index (χ0v) is 13.4. The Morgan fingerprint density at radius 1 is 1.14 bits per heavy atom. The molecule has 2 fully saturated rings. The Bertz CT molecular complexity index is 549. The van der Waals surface area contributed by atoms with Crippen molar-refractivity contribution in [3.05, 3.63) is 29.3 Å². The summed E-state index contributed by atoms with van der Waals surface area (Å²) in [6, 6.07) is 6.14. The molecule has 1 heteroatoms. The van der Waals surface area contributed by atoms with E-state index >= 15 is 0 Å². The van der Waals surface area contributed by atoms with E-state index in [1.807, 2.05) is 12.1 Å². The third kappa shape index (κ3) is 1.96. The van der Waals surface area contributed by atoms with Crippen LogP contribution in [0.1, 0.15) is 69.4 Å². The molecule has 3 aliphatic rings. The average molecular weight is 284 g/mol. The summed E-state index contributed by atoms with van der Waals surface area (Å²) in [6.45, 7) is 4.94. The minimum Gasteiger partial charge on any atom is -0.508 e. The fourth-order valence-corrected chi connectivity index (χ4v) is 6.08. The van der Waals surface area contributed by atoms with Crippen molar-refractivity contribution in [3.8, 4) is 5.75 Å². The van der Waals surface area contributed by atoms with E-state index < -0.39 is 0 Å². The SMILES string of the molecule is CC[C@]1(C)CC[C@H]2[C@H]3CCc4cc(O)ccc4[C@@H]3CC[C@@H]21. The van der Waals surface area contributed by atoms with E-state index in [9.17, 15) is 5.11 Å². The van der Waals surface area contributed by atoms with Crippen molar-refractivity contribution in [2.75, 3.05) is 0 Å². The molecular formula is C20H28O. The van der Waals surface area contributed by atoms with Crippen LogP contribution in [-0.2, 0) is 6.42 Å². The van der Waals surface area contributed by atoms with Crippen LogP contribution in [0.15, 0.2) is 18.2 Å². The number of rotatable bonds is 1. The van der Waals surface area contributed by atoms with Gasteiger partial charge in [-0.1, -0.05) is 26.3 Å². The van der Waals surface area contributed by atoms with Gasteiger partial charge in [-0.05, 0) is 90.9 Å². The Kier molecular flexibility index (Phi) is 3.10. The summed E-state index contributed by atoms with van der Waals surface area (Å²) in [6.07, 6.45) is 9.60. The Labute approximate surface area is 128 Å². The molecule has 0 amide bonds. The molecule has 1 aromatic rings. The van der Waals surface area contributed by atoms with E-state index in [1.54, 1.807) is 5.56 Å². The maximum atomic E-state index is 9.74. The minimum absolute atomic E-state index is 0.445. The van der Waals surface area contributed by atoms with Crippen molar-refractivity contribution in [3.63, 3.8) is 0 Å². The zero-order valence-electron chi connectivity index (χ0n) is 13.4. The van der Waals surface area contributed by atoms with Crippen LogP contribution in [-0.4, -0.2) is 5.11 Å². The van der Waals surface area contributed by atoms with Gasteiger partial charge >= 0.3 is 0 Å². The maximum Gasteiger partial charge on any atom is 0.115 e. The third-order valence-electron chi connectivity index (χ3n) is 7.40. The van der Waals surface area contributed by atoms with Crippen molar-refractivity contribution in [1.29, 1.82) is 0 Å². The first-order valence-electron chi connectivity index (χ1n) is 8.94. The Morgan fingerprint density at radius 3 is 2.81 bits per heavy atom. The fraction of sp³-hybridized carbons (Fsp3) is 0.700. The summed E-state index contributed by atoms with van der Waals surface area (Å²) in [5, 5.41) is 9.74. The van der Waals surface area contributed by atoms with Gasteiger partial charge in [0.05, 0.1) is 0 Å². The average Bonchev–Trinajstić information content (AvgIpc) is 2.85. The highest BCUT2D eigenvalue weighted by Crippen LogP contribution is 2.61. The summed E-state index contributed by atoms with van der Waals surface area (Å²) in [7, 11) is 0. The lowest BCUT2D eigenvalue weighted by molar-refractivity contribution is 0.0740. The maximum absolute atomic E-state index is 9.74. The van der Waals surface area contributed by atoms with E-state index in [4.69, 9.17) is 0 Å². The van der Waals surface area contributed by atoms with Crippen LogP contribution in [0.3, 0.4) is 0 Å². The zero-order chi connectivity index (χ0) is 14.6. The predicted molar refractivity (Wildman–Crippen MR) is 86.5 cm³/mol. The number of aromatic hydroxyl groups is 1. The number of aryl methyl sites for hydroxylation is 1. The summed E-state index contributed by atoms with van der Waals surface area (Å²) < 4.78 is 0. The van der Waals surface area contributed by atoms with E-state index in [2.05, 4.69) is 19.9 Å². The molecule has 1 N–H and O–H groups in total. The number of phenols is 1. The van der Waals surface area contributed by atoms with Crippen LogP contribution in [0, 0.1) is 23.2 Å². The van der Waals surface area contributed by atoms with Crippen molar-refractivity contribution < 1.29 is 5.11 Å². The first-order valence-corrected chi connectivity index (χ1v) is 8.94. The van der Waals surface area contributed by atoms with Crippen molar-refractivity contribution in [2.24, 2.45) is 23.2 Å². The first kappa shape index (κ1) is 13.7. The molecule has 0 unspecified atom stereocenters. The van der Waals surface area contributed by atoms with Gasteiger partial charge in [-0.15, -0.1) is 0 Å². The standard InChI is InChI=1S/C20H28O/c1-3-20(2)11-10-18-17-6-4-13-12-14(21)5-7-15(13)16(17)8-9-19(18)20/h5,7,12,16-19,21H,3-4,6,8-11H2,1-2H3/t16-,17-,18-,19-,20+/m0/s1. The highest BCUT2D eigenvalue weighted by atomic mass is 16.3. The molecule has 1 nitrogen and oxygen atoms in total. The van der Waals surface area contributed by atoms with Gasteiger partial charge < -0.3 is 5.11 Å². The second-order valence-electron chi connectivity index (χ2n) is 8.09. The van der Waals surface area contributed by atoms with Crippen molar-refractivity contribution in [1.82, 2.24) is 0 Å². The van der Waals surface area contributed by atoms with Gasteiger partial charge in [-0.2, -0.15) is 0 Å². The second-order valence-corrected chi connectivity index (χ2v) is 8.09. The van der Waals surface area contributed by atoms with Crippen molar-refractivity contribution in [2.45, 2.75) is 64.7 Å². The number of fused-ring (bicyclic) bond motifs is 5. The molecular weight excluding hydrogens is 256 g/mol.